The van der Waals surface area contributed by atoms with Gasteiger partial charge >= 0.3 is 0 Å². The summed E-state index contributed by atoms with van der Waals surface area (Å²) in [5.74, 6) is 0. The Hall–Kier alpha value is -6.44. The van der Waals surface area contributed by atoms with E-state index in [9.17, 15) is 16.4 Å². The van der Waals surface area contributed by atoms with Crippen molar-refractivity contribution >= 4 is 54.3 Å². The molecule has 0 radical (unpaired) electrons. The summed E-state index contributed by atoms with van der Waals surface area (Å²) in [5, 5.41) is 1.72. The van der Waals surface area contributed by atoms with Crippen LogP contribution in [0.25, 0.3) is 98.8 Å². The molecule has 0 N–H and O–H groups in total. The number of benzene rings is 9. The van der Waals surface area contributed by atoms with Gasteiger partial charge in [-0.25, -0.2) is 0 Å². The fourth-order valence-electron chi connectivity index (χ4n) is 11.4. The van der Waals surface area contributed by atoms with Crippen LogP contribution in [0, 0.1) is 96.9 Å². The molecule has 1 heteroatoms. The average molecular weight is 873 g/mol. The highest BCUT2D eigenvalue weighted by molar-refractivity contribution is 6.28. The molecule has 0 saturated heterocycles. The van der Waals surface area contributed by atoms with E-state index in [0.717, 1.165) is 44.5 Å². The molecular formula is C65H62O. The molecule has 328 valence electrons. The number of aryl methyl sites for hydroxylation is 4. The summed E-state index contributed by atoms with van der Waals surface area (Å²) in [6, 6.07) is -1.14. The van der Waals surface area contributed by atoms with Gasteiger partial charge in [-0.1, -0.05) is 86.4 Å². The van der Waals surface area contributed by atoms with Crippen molar-refractivity contribution < 1.29 is 23.6 Å². The minimum absolute atomic E-state index is 0.0265. The first-order valence-corrected chi connectivity index (χ1v) is 22.9. The lowest BCUT2D eigenvalue weighted by Crippen LogP contribution is -2.17. The van der Waals surface area contributed by atoms with Crippen molar-refractivity contribution in [1.29, 1.82) is 0 Å². The fraction of sp³-hybridized carbons (Fsp3) is 0.262. The third-order valence-electron chi connectivity index (χ3n) is 15.2. The van der Waals surface area contributed by atoms with Crippen molar-refractivity contribution in [3.8, 4) is 44.5 Å². The molecule has 0 fully saturated rings. The largest absolute Gasteiger partial charge is 0.455 e. The highest BCUT2D eigenvalue weighted by atomic mass is 16.3. The maximum Gasteiger partial charge on any atom is 0.139 e. The van der Waals surface area contributed by atoms with Crippen LogP contribution in [0.3, 0.4) is 0 Å². The quantitative estimate of drug-likeness (QED) is 0.161. The van der Waals surface area contributed by atoms with Crippen molar-refractivity contribution in [3.05, 3.63) is 174 Å². The Labute approximate surface area is 411 Å². The van der Waals surface area contributed by atoms with Crippen LogP contribution >= 0.6 is 0 Å². The van der Waals surface area contributed by atoms with E-state index < -0.39 is 5.41 Å². The van der Waals surface area contributed by atoms with Crippen molar-refractivity contribution in [1.82, 2.24) is 0 Å². The van der Waals surface area contributed by atoms with Crippen molar-refractivity contribution in [2.45, 2.75) is 116 Å². The number of hydrogen-bond donors (Lipinski definition) is 0. The highest BCUT2D eigenvalue weighted by Crippen LogP contribution is 2.58. The summed E-state index contributed by atoms with van der Waals surface area (Å²) in [6.45, 7) is 29.7. The molecule has 0 unspecified atom stereocenters. The Morgan fingerprint density at radius 1 is 0.364 bits per heavy atom. The molecule has 10 aromatic rings. The Bertz CT molecular complexity index is 4610. The number of rotatable bonds is 3. The zero-order valence-corrected chi connectivity index (χ0v) is 40.9. The van der Waals surface area contributed by atoms with Gasteiger partial charge in [0.15, 0.2) is 0 Å². The number of hydrogen-bond acceptors (Lipinski definition) is 1. The second-order valence-electron chi connectivity index (χ2n) is 19.6. The molecule has 1 aliphatic rings. The molecule has 9 aromatic carbocycles. The summed E-state index contributed by atoms with van der Waals surface area (Å²) in [4.78, 5) is 0. The molecule has 1 aliphatic carbocycles. The minimum Gasteiger partial charge on any atom is -0.455 e. The third kappa shape index (κ3) is 5.59. The van der Waals surface area contributed by atoms with Crippen LogP contribution < -0.4 is 0 Å². The van der Waals surface area contributed by atoms with Crippen molar-refractivity contribution in [3.63, 3.8) is 0 Å². The van der Waals surface area contributed by atoms with Gasteiger partial charge in [0.25, 0.3) is 0 Å². The fourth-order valence-corrected chi connectivity index (χ4v) is 11.4. The molecule has 1 nitrogen and oxygen atoms in total. The summed E-state index contributed by atoms with van der Waals surface area (Å²) in [7, 11) is 0. The van der Waals surface area contributed by atoms with Gasteiger partial charge in [0.05, 0.1) is 19.2 Å². The summed E-state index contributed by atoms with van der Waals surface area (Å²) in [5.41, 5.74) is 12.6. The van der Waals surface area contributed by atoms with Crippen LogP contribution in [0.15, 0.2) is 89.0 Å². The molecule has 0 spiro atoms. The zero-order valence-electron chi connectivity index (χ0n) is 54.9. The van der Waals surface area contributed by atoms with Crippen LogP contribution in [-0.2, 0) is 5.41 Å². The molecule has 66 heavy (non-hydrogen) atoms. The first kappa shape index (κ1) is 29.3. The van der Waals surface area contributed by atoms with Crippen molar-refractivity contribution in [2.75, 3.05) is 0 Å². The molecule has 1 heterocycles. The topological polar surface area (TPSA) is 13.1 Å². The molecule has 0 amide bonds. The van der Waals surface area contributed by atoms with E-state index in [1.54, 1.807) is 55.4 Å². The Kier molecular flexibility index (Phi) is 6.33. The molecule has 1 aromatic heterocycles. The lowest BCUT2D eigenvalue weighted by Gasteiger charge is -2.26. The smallest absolute Gasteiger partial charge is 0.139 e. The first-order chi connectivity index (χ1) is 37.2. The van der Waals surface area contributed by atoms with Crippen molar-refractivity contribution in [2.24, 2.45) is 0 Å². The molecule has 0 atom stereocenters. The molecule has 0 aliphatic heterocycles. The zero-order chi connectivity index (χ0) is 58.9. The van der Waals surface area contributed by atoms with Crippen LogP contribution in [0.4, 0.5) is 0 Å². The minimum atomic E-state index is -0.694. The number of furan rings is 1. The molecule has 0 saturated carbocycles. The summed E-state index contributed by atoms with van der Waals surface area (Å²) < 4.78 is 144. The van der Waals surface area contributed by atoms with Gasteiger partial charge in [-0.15, -0.1) is 0 Å². The van der Waals surface area contributed by atoms with Crippen LogP contribution in [-0.4, -0.2) is 0 Å². The van der Waals surface area contributed by atoms with Gasteiger partial charge in [-0.05, 0) is 269 Å². The van der Waals surface area contributed by atoms with Gasteiger partial charge in [0.1, 0.15) is 11.2 Å². The highest BCUT2D eigenvalue weighted by Gasteiger charge is 2.41. The van der Waals surface area contributed by atoms with Gasteiger partial charge < -0.3 is 4.42 Å². The Morgan fingerprint density at radius 3 is 1.71 bits per heavy atom. The van der Waals surface area contributed by atoms with Crippen LogP contribution in [0.1, 0.15) is 122 Å². The second kappa shape index (κ2) is 14.3. The van der Waals surface area contributed by atoms with E-state index in [2.05, 4.69) is 13.8 Å². The van der Waals surface area contributed by atoms with Gasteiger partial charge in [-0.2, -0.15) is 0 Å². The van der Waals surface area contributed by atoms with Crippen LogP contribution in [0.5, 0.6) is 0 Å². The monoisotopic (exact) mass is 873 g/mol. The molecule has 11 rings (SSSR count). The third-order valence-corrected chi connectivity index (χ3v) is 15.2. The van der Waals surface area contributed by atoms with Gasteiger partial charge in [-0.3, -0.25) is 0 Å². The predicted octanol–water partition coefficient (Wildman–Crippen LogP) is 18.7. The predicted molar refractivity (Wildman–Crippen MR) is 286 cm³/mol. The van der Waals surface area contributed by atoms with E-state index in [-0.39, 0.29) is 144 Å². The maximum atomic E-state index is 10.9. The van der Waals surface area contributed by atoms with E-state index in [0.29, 0.717) is 84.1 Å². The lowest BCUT2D eigenvalue weighted by molar-refractivity contribution is 0.653. The first-order valence-electron chi connectivity index (χ1n) is 29.9. The van der Waals surface area contributed by atoms with Crippen LogP contribution in [0.2, 0.25) is 0 Å². The summed E-state index contributed by atoms with van der Waals surface area (Å²) in [6.07, 6.45) is 0. The molecule has 0 bridgehead atoms. The van der Waals surface area contributed by atoms with Gasteiger partial charge in [0.2, 0.25) is 0 Å². The van der Waals surface area contributed by atoms with Gasteiger partial charge in [0, 0.05) is 21.8 Å². The maximum absolute atomic E-state index is 10.9. The standard InChI is InChI=1S/C65H62O/c1-31-20-22-46-56(41(31)11)59(47-23-21-33(3)63-60(47)52-29-45-19-17-18-32(2)54(45)44(14)64(52)66-63)51-27-35(5)34(4)26-50(51)58(46)49-30-48(38(8)25-39(49)9)57-42(12)37(7)28-53-61(57)55-40(10)24-36(6)43(13)62(55)65(53,15)16/h17-30H,1-16H3/i17D,18D,19D,20D,21D,22D,23D,24D,25D,26D,27D,28D,29D,30D. The van der Waals surface area contributed by atoms with E-state index in [1.807, 2.05) is 41.5 Å². The second-order valence-corrected chi connectivity index (χ2v) is 19.6. The van der Waals surface area contributed by atoms with E-state index in [1.165, 1.54) is 0 Å². The Morgan fingerprint density at radius 2 is 1.00 bits per heavy atom. The van der Waals surface area contributed by atoms with E-state index in [4.69, 9.17) is 7.16 Å². The SMILES string of the molecule is [2H]c1c(C)c(-c2c(C)c(C)c([2H])c3c2-c2c(C)c([2H])c(C)c(C)c2C3(C)C)c([2H])c(-c2c3c([2H])c(C)c(C)c([2H])c3c(-c3c([2H])c([2H])c(C)c4oc5c(C)c6c(C)c([2H])c([2H])c([2H])c6c([2H])c5c34)c3c(C)c(C)c([2H])c([2H])c23)c1C. The molecular weight excluding hydrogens is 797 g/mol. The normalized spacial score (nSPS) is 16.2. The number of fused-ring (bicyclic) bond motifs is 9. The van der Waals surface area contributed by atoms with E-state index >= 15 is 0 Å². The summed E-state index contributed by atoms with van der Waals surface area (Å²) >= 11 is 0. The average Bonchev–Trinajstić information content (AvgIpc) is 4.11. The lowest BCUT2D eigenvalue weighted by atomic mass is 9.77. The Balaban J connectivity index is 1.43.